The van der Waals surface area contributed by atoms with Crippen molar-refractivity contribution in [1.82, 2.24) is 9.80 Å². The van der Waals surface area contributed by atoms with Crippen LogP contribution in [0.5, 0.6) is 0 Å². The Balaban J connectivity index is 2.03. The molecule has 1 aromatic heterocycles. The second kappa shape index (κ2) is 6.35. The molecule has 2 heterocycles. The van der Waals surface area contributed by atoms with Gasteiger partial charge >= 0.3 is 0 Å². The Labute approximate surface area is 124 Å². The summed E-state index contributed by atoms with van der Waals surface area (Å²) in [5.41, 5.74) is 0. The van der Waals surface area contributed by atoms with Crippen LogP contribution in [-0.4, -0.2) is 54.3 Å². The maximum absolute atomic E-state index is 12.4. The fourth-order valence-corrected chi connectivity index (χ4v) is 3.65. The average Bonchev–Trinajstić information content (AvgIpc) is 2.84. The van der Waals surface area contributed by atoms with Crippen molar-refractivity contribution < 1.29 is 4.79 Å². The molecule has 1 aliphatic rings. The molecule has 106 valence electrons. The molecule has 0 saturated carbocycles. The predicted octanol–water partition coefficient (Wildman–Crippen LogP) is 3.00. The van der Waals surface area contributed by atoms with E-state index in [0.29, 0.717) is 10.4 Å². The number of thiophene rings is 1. The van der Waals surface area contributed by atoms with Gasteiger partial charge in [0.25, 0.3) is 0 Å². The summed E-state index contributed by atoms with van der Waals surface area (Å²) in [7, 11) is 2.16. The highest BCUT2D eigenvalue weighted by atomic mass is 35.5. The molecule has 0 spiro atoms. The predicted molar refractivity (Wildman–Crippen MR) is 81.4 cm³/mol. The molecule has 0 aromatic carbocycles. The van der Waals surface area contributed by atoms with E-state index in [1.807, 2.05) is 13.0 Å². The van der Waals surface area contributed by atoms with Crippen LogP contribution in [0, 0.1) is 0 Å². The van der Waals surface area contributed by atoms with Crippen LogP contribution in [0.1, 0.15) is 29.9 Å². The summed E-state index contributed by atoms with van der Waals surface area (Å²) in [6.07, 6.45) is 1.12. The fraction of sp³-hybridized carbons (Fsp3) is 0.643. The van der Waals surface area contributed by atoms with Gasteiger partial charge in [-0.1, -0.05) is 18.5 Å². The largest absolute Gasteiger partial charge is 0.301 e. The quantitative estimate of drug-likeness (QED) is 0.799. The molecule has 0 amide bonds. The molecule has 0 N–H and O–H groups in total. The van der Waals surface area contributed by atoms with Crippen LogP contribution >= 0.6 is 22.9 Å². The third-order valence-corrected chi connectivity index (χ3v) is 5.27. The molecule has 2 rings (SSSR count). The number of hydrogen-bond acceptors (Lipinski definition) is 4. The van der Waals surface area contributed by atoms with Gasteiger partial charge in [-0.25, -0.2) is 0 Å². The lowest BCUT2D eigenvalue weighted by molar-refractivity contribution is 0.0556. The van der Waals surface area contributed by atoms with Crippen LogP contribution in [0.15, 0.2) is 12.1 Å². The first kappa shape index (κ1) is 15.0. The van der Waals surface area contributed by atoms with Crippen LogP contribution in [0.3, 0.4) is 0 Å². The summed E-state index contributed by atoms with van der Waals surface area (Å²) in [5, 5.41) is 0. The Morgan fingerprint density at radius 3 is 2.84 bits per heavy atom. The van der Waals surface area contributed by atoms with E-state index in [0.717, 1.165) is 30.9 Å². The van der Waals surface area contributed by atoms with Crippen molar-refractivity contribution in [2.24, 2.45) is 0 Å². The smallest absolute Gasteiger partial charge is 0.189 e. The minimum absolute atomic E-state index is 0.0579. The van der Waals surface area contributed by atoms with Crippen LogP contribution in [-0.2, 0) is 0 Å². The number of halogens is 1. The molecule has 3 nitrogen and oxygen atoms in total. The van der Waals surface area contributed by atoms with E-state index in [1.54, 1.807) is 6.07 Å². The summed E-state index contributed by atoms with van der Waals surface area (Å²) < 4.78 is 0.681. The van der Waals surface area contributed by atoms with Gasteiger partial charge < -0.3 is 4.90 Å². The summed E-state index contributed by atoms with van der Waals surface area (Å²) in [6, 6.07) is 4.12. The Bertz CT molecular complexity index is 448. The first-order valence-electron chi connectivity index (χ1n) is 6.76. The molecule has 5 heteroatoms. The van der Waals surface area contributed by atoms with Crippen LogP contribution in [0.4, 0.5) is 0 Å². The topological polar surface area (TPSA) is 23.6 Å². The van der Waals surface area contributed by atoms with E-state index in [-0.39, 0.29) is 11.8 Å². The Morgan fingerprint density at radius 1 is 1.53 bits per heavy atom. The van der Waals surface area contributed by atoms with Crippen molar-refractivity contribution in [3.05, 3.63) is 21.3 Å². The maximum Gasteiger partial charge on any atom is 0.189 e. The van der Waals surface area contributed by atoms with E-state index in [1.165, 1.54) is 11.3 Å². The Kier molecular flexibility index (Phi) is 5.01. The average molecular weight is 301 g/mol. The maximum atomic E-state index is 12.4. The number of piperazine rings is 1. The Morgan fingerprint density at radius 2 is 2.26 bits per heavy atom. The molecule has 0 radical (unpaired) electrons. The number of nitrogens with zero attached hydrogens (tertiary/aromatic N) is 2. The van der Waals surface area contributed by atoms with E-state index in [2.05, 4.69) is 23.8 Å². The first-order chi connectivity index (χ1) is 9.02. The van der Waals surface area contributed by atoms with Gasteiger partial charge in [-0.3, -0.25) is 9.69 Å². The summed E-state index contributed by atoms with van der Waals surface area (Å²) in [5.74, 6) is 0.191. The van der Waals surface area contributed by atoms with Crippen LogP contribution in [0.2, 0.25) is 4.34 Å². The molecule has 19 heavy (non-hydrogen) atoms. The van der Waals surface area contributed by atoms with E-state index < -0.39 is 0 Å². The Hall–Kier alpha value is -0.420. The number of carbonyl (C=O) groups excluding carboxylic acids is 1. The standard InChI is InChI=1S/C14H21ClN2OS/c1-4-11-9-17(8-7-16(11)3)10(2)14(18)12-5-6-13(15)19-12/h5-6,10-11H,4,7-9H2,1-3H3. The van der Waals surface area contributed by atoms with Crippen molar-refractivity contribution >= 4 is 28.7 Å². The van der Waals surface area contributed by atoms with Crippen molar-refractivity contribution in [1.29, 1.82) is 0 Å². The third kappa shape index (κ3) is 3.37. The van der Waals surface area contributed by atoms with E-state index in [9.17, 15) is 4.79 Å². The van der Waals surface area contributed by atoms with Gasteiger partial charge in [0.15, 0.2) is 5.78 Å². The normalized spacial score (nSPS) is 23.5. The van der Waals surface area contributed by atoms with Gasteiger partial charge in [-0.05, 0) is 32.5 Å². The van der Waals surface area contributed by atoms with Gasteiger partial charge in [-0.15, -0.1) is 11.3 Å². The summed E-state index contributed by atoms with van der Waals surface area (Å²) in [4.78, 5) is 17.9. The third-order valence-electron chi connectivity index (χ3n) is 4.02. The lowest BCUT2D eigenvalue weighted by atomic mass is 10.1. The van der Waals surface area contributed by atoms with E-state index in [4.69, 9.17) is 11.6 Å². The molecule has 1 aromatic rings. The zero-order chi connectivity index (χ0) is 14.0. The minimum Gasteiger partial charge on any atom is -0.301 e. The molecule has 0 bridgehead atoms. The first-order valence-corrected chi connectivity index (χ1v) is 7.96. The minimum atomic E-state index is -0.0579. The summed E-state index contributed by atoms with van der Waals surface area (Å²) in [6.45, 7) is 7.17. The molecule has 2 unspecified atom stereocenters. The van der Waals surface area contributed by atoms with Crippen molar-refractivity contribution in [2.75, 3.05) is 26.7 Å². The number of rotatable bonds is 4. The molecule has 1 aliphatic heterocycles. The number of Topliss-reactive ketones (excluding diaryl/α,β-unsaturated/α-hetero) is 1. The fourth-order valence-electron chi connectivity index (χ4n) is 2.58. The second-order valence-corrected chi connectivity index (χ2v) is 6.90. The highest BCUT2D eigenvalue weighted by Gasteiger charge is 2.30. The number of hydrogen-bond donors (Lipinski definition) is 0. The molecular formula is C14H21ClN2OS. The van der Waals surface area contributed by atoms with E-state index >= 15 is 0 Å². The molecule has 2 atom stereocenters. The SMILES string of the molecule is CCC1CN(C(C)C(=O)c2ccc(Cl)s2)CCN1C. The molecule has 0 aliphatic carbocycles. The van der Waals surface area contributed by atoms with Gasteiger partial charge in [0.05, 0.1) is 15.3 Å². The lowest BCUT2D eigenvalue weighted by Crippen LogP contribution is -2.55. The molecular weight excluding hydrogens is 280 g/mol. The van der Waals surface area contributed by atoms with Gasteiger partial charge in [0.1, 0.15) is 0 Å². The van der Waals surface area contributed by atoms with Crippen molar-refractivity contribution in [3.8, 4) is 0 Å². The summed E-state index contributed by atoms with van der Waals surface area (Å²) >= 11 is 7.28. The monoisotopic (exact) mass is 300 g/mol. The zero-order valence-electron chi connectivity index (χ0n) is 11.7. The number of likely N-dealkylation sites (N-methyl/N-ethyl adjacent to an activating group) is 1. The van der Waals surface area contributed by atoms with Crippen molar-refractivity contribution in [3.63, 3.8) is 0 Å². The zero-order valence-corrected chi connectivity index (χ0v) is 13.3. The second-order valence-electron chi connectivity index (χ2n) is 5.18. The van der Waals surface area contributed by atoms with Crippen LogP contribution in [0.25, 0.3) is 0 Å². The highest BCUT2D eigenvalue weighted by molar-refractivity contribution is 7.18. The van der Waals surface area contributed by atoms with Gasteiger partial charge in [-0.2, -0.15) is 0 Å². The van der Waals surface area contributed by atoms with Gasteiger partial charge in [0, 0.05) is 25.7 Å². The number of carbonyl (C=O) groups is 1. The lowest BCUT2D eigenvalue weighted by Gasteiger charge is -2.41. The molecule has 1 saturated heterocycles. The molecule has 1 fully saturated rings. The number of ketones is 1. The van der Waals surface area contributed by atoms with Crippen molar-refractivity contribution in [2.45, 2.75) is 32.4 Å². The van der Waals surface area contributed by atoms with Gasteiger partial charge in [0.2, 0.25) is 0 Å². The van der Waals surface area contributed by atoms with Crippen LogP contribution < -0.4 is 0 Å². The highest BCUT2D eigenvalue weighted by Crippen LogP contribution is 2.24.